The van der Waals surface area contributed by atoms with Gasteiger partial charge in [-0.25, -0.2) is 4.79 Å². The molecule has 0 spiro atoms. The summed E-state index contributed by atoms with van der Waals surface area (Å²) < 4.78 is 0. The van der Waals surface area contributed by atoms with Crippen LogP contribution in [0.4, 0.5) is 0 Å². The van der Waals surface area contributed by atoms with Crippen molar-refractivity contribution in [1.82, 2.24) is 0 Å². The van der Waals surface area contributed by atoms with Crippen molar-refractivity contribution >= 4 is 5.97 Å². The van der Waals surface area contributed by atoms with Crippen LogP contribution in [0, 0.1) is 5.92 Å². The third-order valence-electron chi connectivity index (χ3n) is 6.10. The van der Waals surface area contributed by atoms with Gasteiger partial charge in [0.05, 0.1) is 0 Å². The smallest absolute Gasteiger partial charge is 0.328 e. The topological polar surface area (TPSA) is 37.3 Å². The Morgan fingerprint density at radius 1 is 1.12 bits per heavy atom. The average Bonchev–Trinajstić information content (AvgIpc) is 3.29. The second kappa shape index (κ2) is 6.16. The molecule has 0 aromatic heterocycles. The molecule has 2 heteroatoms. The van der Waals surface area contributed by atoms with Crippen LogP contribution in [0.25, 0.3) is 0 Å². The van der Waals surface area contributed by atoms with Crippen LogP contribution in [0.15, 0.2) is 42.0 Å². The molecule has 3 rings (SSSR count). The van der Waals surface area contributed by atoms with Gasteiger partial charge in [0.15, 0.2) is 0 Å². The van der Waals surface area contributed by atoms with Gasteiger partial charge in [-0.2, -0.15) is 0 Å². The summed E-state index contributed by atoms with van der Waals surface area (Å²) in [6.07, 6.45) is 9.04. The SMILES string of the molecule is CC(/C=C/[C@H]1C[C@H]1c1ccc2c(c1)C(C)(C)CCC2(C)C)=C\C(=O)O. The van der Waals surface area contributed by atoms with Crippen LogP contribution >= 0.6 is 0 Å². The van der Waals surface area contributed by atoms with E-state index in [9.17, 15) is 4.79 Å². The van der Waals surface area contributed by atoms with Gasteiger partial charge in [-0.1, -0.05) is 58.0 Å². The molecule has 2 aliphatic carbocycles. The molecule has 2 atom stereocenters. The monoisotopic (exact) mass is 338 g/mol. The molecule has 1 N–H and O–H groups in total. The van der Waals surface area contributed by atoms with Crippen LogP contribution in [0.5, 0.6) is 0 Å². The molecule has 2 nitrogen and oxygen atoms in total. The summed E-state index contributed by atoms with van der Waals surface area (Å²) in [6.45, 7) is 11.3. The van der Waals surface area contributed by atoms with Gasteiger partial charge < -0.3 is 5.11 Å². The molecule has 0 radical (unpaired) electrons. The summed E-state index contributed by atoms with van der Waals surface area (Å²) >= 11 is 0. The molecular formula is C23H30O2. The number of carbonyl (C=O) groups is 1. The Morgan fingerprint density at radius 2 is 1.76 bits per heavy atom. The van der Waals surface area contributed by atoms with Gasteiger partial charge in [0.2, 0.25) is 0 Å². The molecule has 0 unspecified atom stereocenters. The maximum atomic E-state index is 10.7. The molecule has 0 bridgehead atoms. The Balaban J connectivity index is 1.80. The van der Waals surface area contributed by atoms with E-state index >= 15 is 0 Å². The minimum absolute atomic E-state index is 0.252. The molecule has 2 aliphatic rings. The summed E-state index contributed by atoms with van der Waals surface area (Å²) in [6, 6.07) is 7.13. The largest absolute Gasteiger partial charge is 0.478 e. The van der Waals surface area contributed by atoms with Crippen molar-refractivity contribution in [1.29, 1.82) is 0 Å². The number of hydrogen-bond donors (Lipinski definition) is 1. The molecule has 1 saturated carbocycles. The summed E-state index contributed by atoms with van der Waals surface area (Å²) in [4.78, 5) is 10.7. The third-order valence-corrected chi connectivity index (χ3v) is 6.10. The number of carboxylic acid groups (broad SMARTS) is 1. The van der Waals surface area contributed by atoms with Crippen molar-refractivity contribution in [3.63, 3.8) is 0 Å². The van der Waals surface area contributed by atoms with Gasteiger partial charge >= 0.3 is 5.97 Å². The standard InChI is InChI=1S/C23H30O2/c1-15(12-21(24)25)6-7-16-13-18(16)17-8-9-19-20(14-17)23(4,5)11-10-22(19,2)3/h6-9,12,14,16,18H,10-11,13H2,1-5H3,(H,24,25)/b7-6+,15-12+/t16-,18+/m0/s1. The van der Waals surface area contributed by atoms with Crippen LogP contribution in [0.1, 0.15) is 76.5 Å². The second-order valence-electron chi connectivity index (χ2n) is 9.16. The summed E-state index contributed by atoms with van der Waals surface area (Å²) in [5.74, 6) is 0.240. The Kier molecular flexibility index (Phi) is 4.43. The number of rotatable bonds is 4. The van der Waals surface area contributed by atoms with Gasteiger partial charge in [0, 0.05) is 6.08 Å². The lowest BCUT2D eigenvalue weighted by molar-refractivity contribution is -0.131. The first-order valence-corrected chi connectivity index (χ1v) is 9.34. The van der Waals surface area contributed by atoms with E-state index in [1.807, 2.05) is 13.0 Å². The van der Waals surface area contributed by atoms with Crippen molar-refractivity contribution in [3.05, 3.63) is 58.7 Å². The van der Waals surface area contributed by atoms with E-state index in [1.54, 1.807) is 0 Å². The Hall–Kier alpha value is -1.83. The molecular weight excluding hydrogens is 308 g/mol. The van der Waals surface area contributed by atoms with Crippen LogP contribution in [-0.4, -0.2) is 11.1 Å². The normalized spacial score (nSPS) is 27.2. The van der Waals surface area contributed by atoms with Crippen LogP contribution in [0.3, 0.4) is 0 Å². The number of benzene rings is 1. The van der Waals surface area contributed by atoms with Crippen molar-refractivity contribution in [2.75, 3.05) is 0 Å². The highest BCUT2D eigenvalue weighted by atomic mass is 16.4. The zero-order chi connectivity index (χ0) is 18.4. The minimum Gasteiger partial charge on any atom is -0.478 e. The molecule has 0 amide bonds. The Bertz CT molecular complexity index is 749. The number of carboxylic acids is 1. The molecule has 0 saturated heterocycles. The lowest BCUT2D eigenvalue weighted by atomic mass is 9.63. The third kappa shape index (κ3) is 3.73. The van der Waals surface area contributed by atoms with Crippen LogP contribution in [0.2, 0.25) is 0 Å². The minimum atomic E-state index is -0.881. The fraction of sp³-hybridized carbons (Fsp3) is 0.522. The van der Waals surface area contributed by atoms with E-state index in [-0.39, 0.29) is 10.8 Å². The van der Waals surface area contributed by atoms with Gasteiger partial charge in [-0.05, 0) is 71.1 Å². The number of aliphatic carboxylic acids is 1. The molecule has 1 aromatic rings. The van der Waals surface area contributed by atoms with E-state index in [2.05, 4.69) is 52.0 Å². The summed E-state index contributed by atoms with van der Waals surface area (Å²) in [5, 5.41) is 8.79. The van der Waals surface area contributed by atoms with Crippen molar-refractivity contribution < 1.29 is 9.90 Å². The van der Waals surface area contributed by atoms with E-state index in [0.717, 1.165) is 5.57 Å². The highest BCUT2D eigenvalue weighted by Gasteiger charge is 2.40. The molecule has 134 valence electrons. The van der Waals surface area contributed by atoms with Crippen LogP contribution < -0.4 is 0 Å². The predicted molar refractivity (Wildman–Crippen MR) is 103 cm³/mol. The van der Waals surface area contributed by atoms with Crippen LogP contribution in [-0.2, 0) is 15.6 Å². The number of fused-ring (bicyclic) bond motifs is 1. The van der Waals surface area contributed by atoms with Gasteiger partial charge in [-0.15, -0.1) is 0 Å². The van der Waals surface area contributed by atoms with Gasteiger partial charge in [-0.3, -0.25) is 0 Å². The van der Waals surface area contributed by atoms with E-state index in [0.29, 0.717) is 11.8 Å². The molecule has 25 heavy (non-hydrogen) atoms. The van der Waals surface area contributed by atoms with Crippen molar-refractivity contribution in [2.24, 2.45) is 5.92 Å². The van der Waals surface area contributed by atoms with Crippen molar-refractivity contribution in [2.45, 2.75) is 70.6 Å². The Morgan fingerprint density at radius 3 is 2.40 bits per heavy atom. The molecule has 0 heterocycles. The Labute approximate surface area is 151 Å². The van der Waals surface area contributed by atoms with E-state index in [4.69, 9.17) is 5.11 Å². The highest BCUT2D eigenvalue weighted by molar-refractivity contribution is 5.81. The number of hydrogen-bond acceptors (Lipinski definition) is 1. The summed E-state index contributed by atoms with van der Waals surface area (Å²) in [7, 11) is 0. The van der Waals surface area contributed by atoms with E-state index < -0.39 is 5.97 Å². The fourth-order valence-corrected chi connectivity index (χ4v) is 4.17. The lowest BCUT2D eigenvalue weighted by Crippen LogP contribution is -2.33. The fourth-order valence-electron chi connectivity index (χ4n) is 4.17. The second-order valence-corrected chi connectivity index (χ2v) is 9.16. The first-order chi connectivity index (χ1) is 11.6. The lowest BCUT2D eigenvalue weighted by Gasteiger charge is -2.42. The highest BCUT2D eigenvalue weighted by Crippen LogP contribution is 2.52. The first-order valence-electron chi connectivity index (χ1n) is 9.34. The predicted octanol–water partition coefficient (Wildman–Crippen LogP) is 5.73. The molecule has 1 fully saturated rings. The summed E-state index contributed by atoms with van der Waals surface area (Å²) in [5.41, 5.74) is 5.80. The molecule has 1 aromatic carbocycles. The maximum Gasteiger partial charge on any atom is 0.328 e. The maximum absolute atomic E-state index is 10.7. The van der Waals surface area contributed by atoms with Crippen molar-refractivity contribution in [3.8, 4) is 0 Å². The quantitative estimate of drug-likeness (QED) is 0.562. The molecule has 0 aliphatic heterocycles. The first kappa shape index (κ1) is 18.0. The zero-order valence-electron chi connectivity index (χ0n) is 16.1. The van der Waals surface area contributed by atoms with Gasteiger partial charge in [0.1, 0.15) is 0 Å². The van der Waals surface area contributed by atoms with E-state index in [1.165, 1.54) is 42.0 Å². The average molecular weight is 338 g/mol. The number of allylic oxidation sites excluding steroid dienone is 3. The van der Waals surface area contributed by atoms with Gasteiger partial charge in [0.25, 0.3) is 0 Å². The zero-order valence-corrected chi connectivity index (χ0v) is 16.1.